The maximum absolute atomic E-state index is 13.1. The van der Waals surface area contributed by atoms with Gasteiger partial charge in [0.25, 0.3) is 5.91 Å². The average molecular weight is 437 g/mol. The van der Waals surface area contributed by atoms with Crippen LogP contribution in [-0.4, -0.2) is 42.6 Å². The Bertz CT molecular complexity index is 1160. The molecule has 10 heteroatoms. The van der Waals surface area contributed by atoms with E-state index in [-0.39, 0.29) is 17.7 Å². The topological polar surface area (TPSA) is 89.4 Å². The lowest BCUT2D eigenvalue weighted by molar-refractivity contribution is -0.130. The molecule has 0 saturated carbocycles. The average Bonchev–Trinajstić information content (AvgIpc) is 3.57. The van der Waals surface area contributed by atoms with Gasteiger partial charge in [0.05, 0.1) is 28.3 Å². The van der Waals surface area contributed by atoms with Gasteiger partial charge in [-0.1, -0.05) is 36.0 Å². The predicted molar refractivity (Wildman–Crippen MR) is 114 cm³/mol. The van der Waals surface area contributed by atoms with Crippen LogP contribution >= 0.6 is 23.1 Å². The molecular weight excluding hydrogens is 420 g/mol. The summed E-state index contributed by atoms with van der Waals surface area (Å²) in [5, 5.41) is 20.5. The summed E-state index contributed by atoms with van der Waals surface area (Å²) in [6.45, 7) is 0. The minimum absolute atomic E-state index is 0.129. The van der Waals surface area contributed by atoms with Crippen molar-refractivity contribution >= 4 is 34.7 Å². The number of nitrogens with zero attached hydrogens (tertiary/aromatic N) is 6. The smallest absolute Gasteiger partial charge is 0.253 e. The van der Waals surface area contributed by atoms with Crippen molar-refractivity contribution in [3.05, 3.63) is 76.9 Å². The number of hydrazone groups is 1. The van der Waals surface area contributed by atoms with Crippen LogP contribution in [0.4, 0.5) is 0 Å². The highest BCUT2D eigenvalue weighted by molar-refractivity contribution is 7.99. The SMILES string of the molecule is O=C(CSc1nnnn1-c1ccccc1)N1N=C(c2cccs2)C[C@@H]1c1ccco1. The molecule has 1 amide bonds. The van der Waals surface area contributed by atoms with Crippen LogP contribution in [0.25, 0.3) is 5.69 Å². The van der Waals surface area contributed by atoms with Crippen LogP contribution < -0.4 is 0 Å². The zero-order valence-electron chi connectivity index (χ0n) is 15.7. The van der Waals surface area contributed by atoms with Gasteiger partial charge in [-0.15, -0.1) is 16.4 Å². The van der Waals surface area contributed by atoms with E-state index in [0.717, 1.165) is 22.0 Å². The molecule has 4 aromatic rings. The normalized spacial score (nSPS) is 16.1. The number of hydrogen-bond donors (Lipinski definition) is 0. The quantitative estimate of drug-likeness (QED) is 0.427. The van der Waals surface area contributed by atoms with Gasteiger partial charge in [-0.05, 0) is 46.1 Å². The predicted octanol–water partition coefficient (Wildman–Crippen LogP) is 3.79. The Kier molecular flexibility index (Phi) is 5.16. The van der Waals surface area contributed by atoms with Crippen molar-refractivity contribution in [2.24, 2.45) is 5.10 Å². The zero-order chi connectivity index (χ0) is 20.3. The second-order valence-corrected chi connectivity index (χ2v) is 8.39. The molecule has 1 aromatic carbocycles. The van der Waals surface area contributed by atoms with Gasteiger partial charge in [0.1, 0.15) is 11.8 Å². The number of thiophene rings is 1. The highest BCUT2D eigenvalue weighted by Gasteiger charge is 2.35. The first-order valence-electron chi connectivity index (χ1n) is 9.23. The fourth-order valence-electron chi connectivity index (χ4n) is 3.23. The van der Waals surface area contributed by atoms with Crippen molar-refractivity contribution in [3.8, 4) is 5.69 Å². The van der Waals surface area contributed by atoms with Crippen LogP contribution in [0.3, 0.4) is 0 Å². The summed E-state index contributed by atoms with van der Waals surface area (Å²) < 4.78 is 7.20. The first kappa shape index (κ1) is 18.8. The molecule has 150 valence electrons. The van der Waals surface area contributed by atoms with Crippen molar-refractivity contribution in [1.82, 2.24) is 25.2 Å². The number of hydrogen-bond acceptors (Lipinski definition) is 8. The third-order valence-corrected chi connectivity index (χ3v) is 6.43. The maximum Gasteiger partial charge on any atom is 0.253 e. The summed E-state index contributed by atoms with van der Waals surface area (Å²) in [6, 6.07) is 17.0. The number of para-hydroxylation sites is 1. The molecule has 30 heavy (non-hydrogen) atoms. The van der Waals surface area contributed by atoms with E-state index in [1.165, 1.54) is 16.8 Å². The van der Waals surface area contributed by atoms with Gasteiger partial charge >= 0.3 is 0 Å². The van der Waals surface area contributed by atoms with E-state index in [9.17, 15) is 4.79 Å². The molecule has 0 radical (unpaired) electrons. The summed E-state index contributed by atoms with van der Waals surface area (Å²) in [6.07, 6.45) is 2.23. The van der Waals surface area contributed by atoms with Crippen LogP contribution in [0.1, 0.15) is 23.1 Å². The molecule has 0 N–H and O–H groups in total. The molecule has 0 aliphatic carbocycles. The molecule has 1 atom stereocenters. The minimum atomic E-state index is -0.254. The second kappa shape index (κ2) is 8.25. The van der Waals surface area contributed by atoms with E-state index in [1.807, 2.05) is 60.0 Å². The van der Waals surface area contributed by atoms with Crippen molar-refractivity contribution in [2.45, 2.75) is 17.6 Å². The van der Waals surface area contributed by atoms with Crippen LogP contribution in [0.5, 0.6) is 0 Å². The van der Waals surface area contributed by atoms with Gasteiger partial charge in [0, 0.05) is 6.42 Å². The molecule has 5 rings (SSSR count). The fourth-order valence-corrected chi connectivity index (χ4v) is 4.69. The van der Waals surface area contributed by atoms with Crippen molar-refractivity contribution in [3.63, 3.8) is 0 Å². The molecule has 3 aromatic heterocycles. The van der Waals surface area contributed by atoms with Crippen molar-refractivity contribution < 1.29 is 9.21 Å². The summed E-state index contributed by atoms with van der Waals surface area (Å²) in [5.74, 6) is 0.749. The molecule has 4 heterocycles. The summed E-state index contributed by atoms with van der Waals surface area (Å²) in [7, 11) is 0. The van der Waals surface area contributed by atoms with E-state index in [0.29, 0.717) is 11.6 Å². The Morgan fingerprint density at radius 2 is 2.07 bits per heavy atom. The van der Waals surface area contributed by atoms with E-state index in [1.54, 1.807) is 22.3 Å². The Morgan fingerprint density at radius 1 is 1.17 bits per heavy atom. The molecule has 0 bridgehead atoms. The molecule has 0 unspecified atom stereocenters. The number of amides is 1. The largest absolute Gasteiger partial charge is 0.467 e. The summed E-state index contributed by atoms with van der Waals surface area (Å²) >= 11 is 2.89. The van der Waals surface area contributed by atoms with E-state index in [2.05, 4.69) is 20.6 Å². The number of carbonyl (C=O) groups is 1. The Balaban J connectivity index is 1.35. The third kappa shape index (κ3) is 3.66. The molecule has 8 nitrogen and oxygen atoms in total. The van der Waals surface area contributed by atoms with Gasteiger partial charge < -0.3 is 4.42 Å². The molecule has 0 saturated heterocycles. The van der Waals surface area contributed by atoms with Crippen LogP contribution in [0.2, 0.25) is 0 Å². The van der Waals surface area contributed by atoms with Crippen LogP contribution in [0.15, 0.2) is 80.9 Å². The van der Waals surface area contributed by atoms with E-state index >= 15 is 0 Å². The van der Waals surface area contributed by atoms with Crippen molar-refractivity contribution in [1.29, 1.82) is 0 Å². The second-order valence-electron chi connectivity index (χ2n) is 6.50. The molecule has 0 spiro atoms. The first-order chi connectivity index (χ1) is 14.8. The van der Waals surface area contributed by atoms with Gasteiger partial charge in [-0.2, -0.15) is 9.78 Å². The maximum atomic E-state index is 13.1. The third-order valence-electron chi connectivity index (χ3n) is 4.61. The summed E-state index contributed by atoms with van der Waals surface area (Å²) in [4.78, 5) is 14.1. The number of rotatable bonds is 6. The lowest BCUT2D eigenvalue weighted by atomic mass is 10.1. The van der Waals surface area contributed by atoms with Crippen molar-refractivity contribution in [2.75, 3.05) is 5.75 Å². The van der Waals surface area contributed by atoms with Gasteiger partial charge in [-0.25, -0.2) is 5.01 Å². The fraction of sp³-hybridized carbons (Fsp3) is 0.150. The molecular formula is C20H16N6O2S2. The minimum Gasteiger partial charge on any atom is -0.467 e. The Labute approximate surface area is 180 Å². The lowest BCUT2D eigenvalue weighted by Gasteiger charge is -2.19. The first-order valence-corrected chi connectivity index (χ1v) is 11.1. The summed E-state index contributed by atoms with van der Waals surface area (Å²) in [5.41, 5.74) is 1.73. The molecule has 1 aliphatic heterocycles. The van der Waals surface area contributed by atoms with Crippen LogP contribution in [-0.2, 0) is 4.79 Å². The number of benzene rings is 1. The monoisotopic (exact) mass is 436 g/mol. The molecule has 1 aliphatic rings. The van der Waals surface area contributed by atoms with Gasteiger partial charge in [0.15, 0.2) is 0 Å². The Morgan fingerprint density at radius 3 is 2.83 bits per heavy atom. The van der Waals surface area contributed by atoms with E-state index in [4.69, 9.17) is 4.42 Å². The molecule has 0 fully saturated rings. The van der Waals surface area contributed by atoms with E-state index < -0.39 is 0 Å². The van der Waals surface area contributed by atoms with Gasteiger partial charge in [-0.3, -0.25) is 4.79 Å². The highest BCUT2D eigenvalue weighted by Crippen LogP contribution is 2.34. The van der Waals surface area contributed by atoms with Crippen LogP contribution in [0, 0.1) is 0 Å². The number of carbonyl (C=O) groups excluding carboxylic acids is 1. The highest BCUT2D eigenvalue weighted by atomic mass is 32.2. The lowest BCUT2D eigenvalue weighted by Crippen LogP contribution is -2.28. The Hall–Kier alpha value is -3.24. The number of aromatic nitrogens is 4. The number of furan rings is 1. The van der Waals surface area contributed by atoms with Gasteiger partial charge in [0.2, 0.25) is 5.16 Å². The number of tetrazole rings is 1. The zero-order valence-corrected chi connectivity index (χ0v) is 17.3. The standard InChI is InChI=1S/C20H16N6O2S2/c27-19(13-30-20-21-23-24-25(20)14-6-2-1-3-7-14)26-16(17-8-4-10-28-17)12-15(22-26)18-9-5-11-29-18/h1-11,16H,12-13H2/t16-/m1/s1. The number of thioether (sulfide) groups is 1.